The second kappa shape index (κ2) is 5.73. The Balaban J connectivity index is 1.89. The molecular weight excluding hydrogens is 284 g/mol. The first-order chi connectivity index (χ1) is 10.1. The fraction of sp³-hybridized carbons (Fsp3) is 0.438. The number of benzene rings is 1. The molecule has 0 spiro atoms. The van der Waals surface area contributed by atoms with Crippen LogP contribution in [0.25, 0.3) is 10.8 Å². The van der Waals surface area contributed by atoms with E-state index in [0.29, 0.717) is 11.5 Å². The van der Waals surface area contributed by atoms with Gasteiger partial charge in [0, 0.05) is 23.8 Å². The average Bonchev–Trinajstić information content (AvgIpc) is 2.83. The third-order valence-corrected chi connectivity index (χ3v) is 6.17. The molecule has 112 valence electrons. The van der Waals surface area contributed by atoms with Crippen molar-refractivity contribution in [2.24, 2.45) is 5.92 Å². The number of nitrogens with zero attached hydrogens (tertiary/aromatic N) is 1. The Bertz CT molecular complexity index is 738. The first kappa shape index (κ1) is 14.5. The molecule has 3 rings (SSSR count). The average molecular weight is 304 g/mol. The second-order valence-electron chi connectivity index (χ2n) is 5.79. The third-order valence-electron chi connectivity index (χ3n) is 4.33. The number of nitrogens with one attached hydrogen (secondary N) is 1. The molecule has 2 atom stereocenters. The Morgan fingerprint density at radius 3 is 2.95 bits per heavy atom. The minimum atomic E-state index is -2.81. The lowest BCUT2D eigenvalue weighted by molar-refractivity contribution is 0.439. The predicted octanol–water partition coefficient (Wildman–Crippen LogP) is 2.32. The fourth-order valence-corrected chi connectivity index (χ4v) is 5.12. The van der Waals surface area contributed by atoms with Crippen LogP contribution in [0.3, 0.4) is 0 Å². The summed E-state index contributed by atoms with van der Waals surface area (Å²) >= 11 is 0. The van der Waals surface area contributed by atoms with E-state index in [1.54, 1.807) is 6.20 Å². The van der Waals surface area contributed by atoms with Crippen molar-refractivity contribution in [3.63, 3.8) is 0 Å². The largest absolute Gasteiger partial charge is 0.313 e. The summed E-state index contributed by atoms with van der Waals surface area (Å²) in [6.07, 6.45) is 5.31. The molecule has 2 unspecified atom stereocenters. The maximum absolute atomic E-state index is 11.6. The molecule has 0 saturated carbocycles. The number of aromatic nitrogens is 1. The summed E-state index contributed by atoms with van der Waals surface area (Å²) in [5.41, 5.74) is 1.22. The van der Waals surface area contributed by atoms with Crippen molar-refractivity contribution < 1.29 is 8.42 Å². The van der Waals surface area contributed by atoms with Crippen LogP contribution in [0.5, 0.6) is 0 Å². The maximum Gasteiger partial charge on any atom is 0.150 e. The van der Waals surface area contributed by atoms with E-state index in [2.05, 4.69) is 22.4 Å². The Morgan fingerprint density at radius 1 is 1.38 bits per heavy atom. The number of fused-ring (bicyclic) bond motifs is 1. The van der Waals surface area contributed by atoms with Crippen molar-refractivity contribution in [1.82, 2.24) is 10.3 Å². The van der Waals surface area contributed by atoms with Gasteiger partial charge in [-0.25, -0.2) is 8.42 Å². The van der Waals surface area contributed by atoms with Crippen LogP contribution in [0.4, 0.5) is 0 Å². The molecule has 0 amide bonds. The van der Waals surface area contributed by atoms with E-state index in [1.165, 1.54) is 10.9 Å². The SMILES string of the molecule is CNC(CC1CCS(=O)(=O)C1)c1cccc2cnccc12. The van der Waals surface area contributed by atoms with Crippen LogP contribution in [-0.4, -0.2) is 32.0 Å². The standard InChI is InChI=1S/C16H20N2O2S/c1-17-16(9-12-6-8-21(19,20)11-12)15-4-2-3-13-10-18-7-5-14(13)15/h2-5,7,10,12,16-17H,6,8-9,11H2,1H3. The molecule has 0 bridgehead atoms. The molecule has 1 N–H and O–H groups in total. The van der Waals surface area contributed by atoms with Crippen molar-refractivity contribution in [2.45, 2.75) is 18.9 Å². The van der Waals surface area contributed by atoms with Gasteiger partial charge in [-0.05, 0) is 42.8 Å². The Hall–Kier alpha value is -1.46. The van der Waals surface area contributed by atoms with Crippen LogP contribution in [0, 0.1) is 5.92 Å². The Kier molecular flexibility index (Phi) is 3.95. The monoisotopic (exact) mass is 304 g/mol. The molecule has 1 fully saturated rings. The minimum absolute atomic E-state index is 0.175. The number of rotatable bonds is 4. The summed E-state index contributed by atoms with van der Waals surface area (Å²) in [4.78, 5) is 4.16. The lowest BCUT2D eigenvalue weighted by atomic mass is 9.91. The highest BCUT2D eigenvalue weighted by Crippen LogP contribution is 2.31. The van der Waals surface area contributed by atoms with Crippen LogP contribution in [-0.2, 0) is 9.84 Å². The second-order valence-corrected chi connectivity index (χ2v) is 8.02. The van der Waals surface area contributed by atoms with E-state index in [-0.39, 0.29) is 12.0 Å². The smallest absolute Gasteiger partial charge is 0.150 e. The van der Waals surface area contributed by atoms with Gasteiger partial charge >= 0.3 is 0 Å². The number of pyridine rings is 1. The molecule has 1 aromatic carbocycles. The van der Waals surface area contributed by atoms with E-state index in [1.807, 2.05) is 25.4 Å². The van der Waals surface area contributed by atoms with Crippen LogP contribution < -0.4 is 5.32 Å². The topological polar surface area (TPSA) is 59.1 Å². The molecule has 4 nitrogen and oxygen atoms in total. The highest BCUT2D eigenvalue weighted by molar-refractivity contribution is 7.91. The summed E-state index contributed by atoms with van der Waals surface area (Å²) in [7, 11) is -0.873. The van der Waals surface area contributed by atoms with Crippen LogP contribution in [0.15, 0.2) is 36.7 Å². The van der Waals surface area contributed by atoms with Gasteiger partial charge in [0.15, 0.2) is 9.84 Å². The third kappa shape index (κ3) is 3.09. The molecule has 2 aromatic rings. The van der Waals surface area contributed by atoms with Gasteiger partial charge in [0.2, 0.25) is 0 Å². The van der Waals surface area contributed by atoms with Gasteiger partial charge in [-0.15, -0.1) is 0 Å². The highest BCUT2D eigenvalue weighted by atomic mass is 32.2. The minimum Gasteiger partial charge on any atom is -0.313 e. The lowest BCUT2D eigenvalue weighted by Crippen LogP contribution is -2.21. The molecule has 1 aliphatic rings. The van der Waals surface area contributed by atoms with E-state index >= 15 is 0 Å². The zero-order valence-corrected chi connectivity index (χ0v) is 12.9. The van der Waals surface area contributed by atoms with Crippen molar-refractivity contribution in [3.05, 3.63) is 42.2 Å². The molecule has 1 saturated heterocycles. The molecule has 21 heavy (non-hydrogen) atoms. The highest BCUT2D eigenvalue weighted by Gasteiger charge is 2.30. The van der Waals surface area contributed by atoms with Gasteiger partial charge in [0.05, 0.1) is 11.5 Å². The quantitative estimate of drug-likeness (QED) is 0.942. The summed E-state index contributed by atoms with van der Waals surface area (Å²) < 4.78 is 23.3. The molecule has 5 heteroatoms. The normalized spacial score (nSPS) is 22.4. The van der Waals surface area contributed by atoms with Gasteiger partial charge in [-0.2, -0.15) is 0 Å². The summed E-state index contributed by atoms with van der Waals surface area (Å²) in [5.74, 6) is 0.926. The molecule has 0 aliphatic carbocycles. The van der Waals surface area contributed by atoms with Crippen LogP contribution >= 0.6 is 0 Å². The van der Waals surface area contributed by atoms with Gasteiger partial charge in [-0.1, -0.05) is 18.2 Å². The zero-order valence-electron chi connectivity index (χ0n) is 12.1. The molecule has 0 radical (unpaired) electrons. The van der Waals surface area contributed by atoms with E-state index in [4.69, 9.17) is 0 Å². The van der Waals surface area contributed by atoms with Gasteiger partial charge in [0.1, 0.15) is 0 Å². The van der Waals surface area contributed by atoms with E-state index < -0.39 is 9.84 Å². The van der Waals surface area contributed by atoms with Crippen molar-refractivity contribution in [2.75, 3.05) is 18.6 Å². The summed E-state index contributed by atoms with van der Waals surface area (Å²) in [6, 6.07) is 8.41. The zero-order chi connectivity index (χ0) is 14.9. The van der Waals surface area contributed by atoms with Crippen molar-refractivity contribution in [3.8, 4) is 0 Å². The van der Waals surface area contributed by atoms with Gasteiger partial charge in [-0.3, -0.25) is 4.98 Å². The van der Waals surface area contributed by atoms with Crippen LogP contribution in [0.1, 0.15) is 24.4 Å². The fourth-order valence-electron chi connectivity index (χ4n) is 3.24. The number of hydrogen-bond donors (Lipinski definition) is 1. The summed E-state index contributed by atoms with van der Waals surface area (Å²) in [5, 5.41) is 5.66. The first-order valence-electron chi connectivity index (χ1n) is 7.29. The molecule has 1 aliphatic heterocycles. The Morgan fingerprint density at radius 2 is 2.24 bits per heavy atom. The van der Waals surface area contributed by atoms with Crippen molar-refractivity contribution >= 4 is 20.6 Å². The van der Waals surface area contributed by atoms with Gasteiger partial charge in [0.25, 0.3) is 0 Å². The molecule has 2 heterocycles. The number of sulfone groups is 1. The first-order valence-corrected chi connectivity index (χ1v) is 9.11. The lowest BCUT2D eigenvalue weighted by Gasteiger charge is -2.21. The molecule has 1 aromatic heterocycles. The van der Waals surface area contributed by atoms with Crippen LogP contribution in [0.2, 0.25) is 0 Å². The number of hydrogen-bond acceptors (Lipinski definition) is 4. The van der Waals surface area contributed by atoms with Crippen molar-refractivity contribution in [1.29, 1.82) is 0 Å². The Labute approximate surface area is 125 Å². The maximum atomic E-state index is 11.6. The predicted molar refractivity (Wildman–Crippen MR) is 84.9 cm³/mol. The van der Waals surface area contributed by atoms with Gasteiger partial charge < -0.3 is 5.32 Å². The molecular formula is C16H20N2O2S. The van der Waals surface area contributed by atoms with E-state index in [0.717, 1.165) is 18.2 Å². The summed E-state index contributed by atoms with van der Waals surface area (Å²) in [6.45, 7) is 0. The van der Waals surface area contributed by atoms with E-state index in [9.17, 15) is 8.42 Å².